The summed E-state index contributed by atoms with van der Waals surface area (Å²) in [5.41, 5.74) is 15.4. The van der Waals surface area contributed by atoms with Crippen LogP contribution in [0.2, 0.25) is 0 Å². The van der Waals surface area contributed by atoms with Gasteiger partial charge in [0.1, 0.15) is 0 Å². The van der Waals surface area contributed by atoms with E-state index in [0.717, 1.165) is 75.1 Å². The molecule has 8 heteroatoms. The number of anilines is 2. The molecule has 1 saturated carbocycles. The maximum absolute atomic E-state index is 6.93. The van der Waals surface area contributed by atoms with Gasteiger partial charge in [-0.05, 0) is 40.5 Å². The van der Waals surface area contributed by atoms with E-state index in [0.29, 0.717) is 0 Å². The van der Waals surface area contributed by atoms with Gasteiger partial charge in [-0.3, -0.25) is 0 Å². The number of H-pyrrole nitrogens is 2. The van der Waals surface area contributed by atoms with Gasteiger partial charge in [0.2, 0.25) is 11.9 Å². The van der Waals surface area contributed by atoms with E-state index in [1.807, 2.05) is 12.4 Å². The molecule has 0 amide bonds. The molecule has 0 aromatic carbocycles. The third kappa shape index (κ3) is 4.21. The van der Waals surface area contributed by atoms with Crippen molar-refractivity contribution in [1.29, 1.82) is 0 Å². The van der Waals surface area contributed by atoms with Crippen LogP contribution in [0.1, 0.15) is 83.3 Å². The van der Waals surface area contributed by atoms with Crippen LogP contribution in [0.25, 0.3) is 0 Å². The molecule has 30 heavy (non-hydrogen) atoms. The summed E-state index contributed by atoms with van der Waals surface area (Å²) < 4.78 is 0. The van der Waals surface area contributed by atoms with Gasteiger partial charge in [-0.1, -0.05) is 19.3 Å². The highest BCUT2D eigenvalue weighted by Gasteiger charge is 2.46. The van der Waals surface area contributed by atoms with E-state index >= 15 is 0 Å². The Morgan fingerprint density at radius 2 is 1.20 bits per heavy atom. The van der Waals surface area contributed by atoms with Gasteiger partial charge in [-0.25, -0.2) is 9.97 Å². The molecule has 1 aliphatic carbocycles. The van der Waals surface area contributed by atoms with E-state index in [4.69, 9.17) is 21.4 Å². The van der Waals surface area contributed by atoms with Crippen LogP contribution in [-0.2, 0) is 0 Å². The third-order valence-corrected chi connectivity index (χ3v) is 6.95. The quantitative estimate of drug-likeness (QED) is 0.471. The number of rotatable bonds is 10. The molecule has 168 valence electrons. The van der Waals surface area contributed by atoms with Gasteiger partial charge in [-0.15, -0.1) is 0 Å². The van der Waals surface area contributed by atoms with Crippen LogP contribution in [0.4, 0.5) is 11.9 Å². The van der Waals surface area contributed by atoms with Gasteiger partial charge >= 0.3 is 0 Å². The van der Waals surface area contributed by atoms with Crippen LogP contribution in [0, 0.1) is 5.41 Å². The van der Waals surface area contributed by atoms with Crippen molar-refractivity contribution in [2.24, 2.45) is 16.9 Å². The first kappa shape index (κ1) is 22.6. The monoisotopic (exact) mass is 416 g/mol. The van der Waals surface area contributed by atoms with Gasteiger partial charge < -0.3 is 31.2 Å². The Morgan fingerprint density at radius 3 is 1.57 bits per heavy atom. The lowest BCUT2D eigenvalue weighted by atomic mass is 9.63. The van der Waals surface area contributed by atoms with E-state index in [9.17, 15) is 0 Å². The number of hydrogen-bond donors (Lipinski definition) is 4. The van der Waals surface area contributed by atoms with Crippen LogP contribution in [-0.4, -0.2) is 46.1 Å². The molecule has 0 aliphatic heterocycles. The first-order valence-electron chi connectivity index (χ1n) is 11.6. The van der Waals surface area contributed by atoms with Crippen LogP contribution < -0.4 is 21.3 Å². The number of nitrogens with zero attached hydrogens (tertiary/aromatic N) is 4. The van der Waals surface area contributed by atoms with Crippen LogP contribution >= 0.6 is 0 Å². The largest absolute Gasteiger partial charge is 0.343 e. The second-order valence-corrected chi connectivity index (χ2v) is 8.39. The number of aromatic amines is 2. The van der Waals surface area contributed by atoms with E-state index in [1.54, 1.807) is 0 Å². The minimum Gasteiger partial charge on any atom is -0.343 e. The van der Waals surface area contributed by atoms with Crippen molar-refractivity contribution in [2.75, 3.05) is 36.0 Å². The molecular formula is C22H40N8. The first-order valence-corrected chi connectivity index (χ1v) is 11.6. The lowest BCUT2D eigenvalue weighted by Gasteiger charge is -2.45. The molecule has 0 bridgehead atoms. The minimum absolute atomic E-state index is 0.234. The van der Waals surface area contributed by atoms with Crippen molar-refractivity contribution in [1.82, 2.24) is 19.9 Å². The summed E-state index contributed by atoms with van der Waals surface area (Å²) in [5, 5.41) is 0. The molecule has 1 aliphatic rings. The fourth-order valence-electron chi connectivity index (χ4n) is 4.95. The molecule has 1 fully saturated rings. The fourth-order valence-corrected chi connectivity index (χ4v) is 4.95. The zero-order valence-electron chi connectivity index (χ0n) is 19.1. The van der Waals surface area contributed by atoms with Gasteiger partial charge in [0.05, 0.1) is 23.5 Å². The van der Waals surface area contributed by atoms with E-state index < -0.39 is 0 Å². The number of imidazole rings is 2. The zero-order valence-corrected chi connectivity index (χ0v) is 19.1. The number of nitrogens with two attached hydrogens (primary N) is 2. The predicted octanol–water partition coefficient (Wildman–Crippen LogP) is 3.48. The first-order chi connectivity index (χ1) is 14.5. The predicted molar refractivity (Wildman–Crippen MR) is 124 cm³/mol. The third-order valence-electron chi connectivity index (χ3n) is 6.95. The van der Waals surface area contributed by atoms with Crippen LogP contribution in [0.15, 0.2) is 12.4 Å². The topological polar surface area (TPSA) is 116 Å². The van der Waals surface area contributed by atoms with Gasteiger partial charge in [0, 0.05) is 44.0 Å². The number of hydrogen-bond acceptors (Lipinski definition) is 6. The molecule has 2 aromatic rings. The SMILES string of the molecule is CCN(CC)c1nc(C(N)C2(C(N)c3c[nH]c(N(CC)CC)n3)CCCCC2)c[nH]1. The molecule has 0 saturated heterocycles. The standard InChI is InChI=1S/C22H40N8/c1-5-29(6-2)20-25-14-16(27-20)18(23)22(12-10-9-11-13-22)19(24)17-15-26-21(28-17)30(7-3)8-4/h14-15,18-19H,5-13,23-24H2,1-4H3,(H,25,27)(H,26,28). The summed E-state index contributed by atoms with van der Waals surface area (Å²) in [6.45, 7) is 12.2. The second-order valence-electron chi connectivity index (χ2n) is 8.39. The molecule has 6 N–H and O–H groups in total. The zero-order chi connectivity index (χ0) is 21.7. The highest BCUT2D eigenvalue weighted by Crippen LogP contribution is 2.51. The van der Waals surface area contributed by atoms with Crippen molar-refractivity contribution in [2.45, 2.75) is 71.9 Å². The minimum atomic E-state index is -0.246. The number of aromatic nitrogens is 4. The van der Waals surface area contributed by atoms with E-state index in [-0.39, 0.29) is 17.5 Å². The van der Waals surface area contributed by atoms with Crippen molar-refractivity contribution in [3.05, 3.63) is 23.8 Å². The average molecular weight is 417 g/mol. The Labute approximate surface area is 180 Å². The lowest BCUT2D eigenvalue weighted by molar-refractivity contribution is 0.102. The van der Waals surface area contributed by atoms with Gasteiger partial charge in [0.15, 0.2) is 0 Å². The van der Waals surface area contributed by atoms with Crippen molar-refractivity contribution in [3.8, 4) is 0 Å². The molecule has 3 rings (SSSR count). The maximum atomic E-state index is 6.93. The Balaban J connectivity index is 1.90. The summed E-state index contributed by atoms with van der Waals surface area (Å²) in [4.78, 5) is 20.8. The Kier molecular flexibility index (Phi) is 7.41. The fraction of sp³-hybridized carbons (Fsp3) is 0.727. The molecular weight excluding hydrogens is 376 g/mol. The molecule has 0 radical (unpaired) electrons. The van der Waals surface area contributed by atoms with Gasteiger partial charge in [0.25, 0.3) is 0 Å². The summed E-state index contributed by atoms with van der Waals surface area (Å²) >= 11 is 0. The van der Waals surface area contributed by atoms with Crippen LogP contribution in [0.5, 0.6) is 0 Å². The summed E-state index contributed by atoms with van der Waals surface area (Å²) in [6, 6.07) is -0.469. The molecule has 2 aromatic heterocycles. The molecule has 2 unspecified atom stereocenters. The number of nitrogens with one attached hydrogen (secondary N) is 2. The Bertz CT molecular complexity index is 709. The summed E-state index contributed by atoms with van der Waals surface area (Å²) in [5.74, 6) is 1.77. The maximum Gasteiger partial charge on any atom is 0.203 e. The Hall–Kier alpha value is -2.06. The van der Waals surface area contributed by atoms with Crippen molar-refractivity contribution in [3.63, 3.8) is 0 Å². The highest BCUT2D eigenvalue weighted by atomic mass is 15.3. The second kappa shape index (κ2) is 9.83. The average Bonchev–Trinajstić information content (AvgIpc) is 3.46. The lowest BCUT2D eigenvalue weighted by Crippen LogP contribution is -2.45. The normalized spacial score (nSPS) is 18.2. The summed E-state index contributed by atoms with van der Waals surface area (Å²) in [7, 11) is 0. The van der Waals surface area contributed by atoms with Crippen molar-refractivity contribution >= 4 is 11.9 Å². The van der Waals surface area contributed by atoms with Gasteiger partial charge in [-0.2, -0.15) is 0 Å². The van der Waals surface area contributed by atoms with Crippen molar-refractivity contribution < 1.29 is 0 Å². The molecule has 2 heterocycles. The van der Waals surface area contributed by atoms with Crippen LogP contribution in [0.3, 0.4) is 0 Å². The summed E-state index contributed by atoms with van der Waals surface area (Å²) in [6.07, 6.45) is 9.44. The molecule has 0 spiro atoms. The van der Waals surface area contributed by atoms with E-state index in [2.05, 4.69) is 47.5 Å². The molecule has 2 atom stereocenters. The smallest absolute Gasteiger partial charge is 0.203 e. The highest BCUT2D eigenvalue weighted by molar-refractivity contribution is 5.34. The molecule has 8 nitrogen and oxygen atoms in total. The van der Waals surface area contributed by atoms with E-state index in [1.165, 1.54) is 6.42 Å². The Morgan fingerprint density at radius 1 is 0.800 bits per heavy atom.